The molecule has 1 aromatic rings. The predicted octanol–water partition coefficient (Wildman–Crippen LogP) is 0.0449. The van der Waals surface area contributed by atoms with Crippen LogP contribution in [0.1, 0.15) is 0 Å². The van der Waals surface area contributed by atoms with E-state index in [1.165, 1.54) is 6.20 Å². The average molecular weight is 239 g/mol. The number of nitrogens with zero attached hydrogens (tertiary/aromatic N) is 2. The summed E-state index contributed by atoms with van der Waals surface area (Å²) < 4.78 is 28.0. The molecular weight excluding hydrogens is 230 g/mol. The van der Waals surface area contributed by atoms with E-state index >= 15 is 0 Å². The number of sulfone groups is 1. The molecule has 84 valence electrons. The Morgan fingerprint density at radius 1 is 1.44 bits per heavy atom. The summed E-state index contributed by atoms with van der Waals surface area (Å²) in [6.07, 6.45) is 3.08. The quantitative estimate of drug-likeness (QED) is 0.803. The lowest BCUT2D eigenvalue weighted by atomic mass is 10.5. The van der Waals surface area contributed by atoms with Gasteiger partial charge in [0.25, 0.3) is 0 Å². The lowest BCUT2D eigenvalue weighted by Crippen LogP contribution is -2.17. The number of rotatable bonds is 3. The summed E-state index contributed by atoms with van der Waals surface area (Å²) in [6.45, 7) is -0.148. The lowest BCUT2D eigenvalue weighted by Gasteiger charge is -2.04. The number of aliphatic imine (C=N–C) groups is 1. The number of hydrogen-bond donors (Lipinski definition) is 1. The standard InChI is InChI=1S/C9H9N3O3S/c10-8-6-16(13,14)9(12-8)5-15-7-2-1-3-11-4-7/h1-4,6H,5,10H2. The normalized spacial score (nSPS) is 17.8. The highest BCUT2D eigenvalue weighted by Gasteiger charge is 2.24. The molecule has 1 aliphatic heterocycles. The SMILES string of the molecule is NC1=CS(=O)(=O)C(COc2cccnc2)=N1. The summed E-state index contributed by atoms with van der Waals surface area (Å²) in [5.74, 6) is 0.454. The zero-order valence-corrected chi connectivity index (χ0v) is 9.02. The molecule has 1 aromatic heterocycles. The Labute approximate surface area is 92.4 Å². The first-order valence-electron chi connectivity index (χ1n) is 4.40. The third-order valence-corrected chi connectivity index (χ3v) is 3.27. The van der Waals surface area contributed by atoms with Crippen molar-refractivity contribution in [3.8, 4) is 5.75 Å². The highest BCUT2D eigenvalue weighted by molar-refractivity contribution is 8.09. The van der Waals surface area contributed by atoms with Crippen molar-refractivity contribution in [2.75, 3.05) is 6.61 Å². The number of hydrogen-bond acceptors (Lipinski definition) is 6. The van der Waals surface area contributed by atoms with Gasteiger partial charge < -0.3 is 10.5 Å². The second-order valence-electron chi connectivity index (χ2n) is 3.07. The molecule has 16 heavy (non-hydrogen) atoms. The number of nitrogens with two attached hydrogens (primary N) is 1. The molecule has 0 amide bonds. The molecule has 7 heteroatoms. The maximum absolute atomic E-state index is 11.4. The summed E-state index contributed by atoms with van der Waals surface area (Å²) in [5.41, 5.74) is 5.30. The minimum atomic E-state index is -3.49. The highest BCUT2D eigenvalue weighted by atomic mass is 32.2. The van der Waals surface area contributed by atoms with Crippen molar-refractivity contribution >= 4 is 14.9 Å². The molecule has 2 heterocycles. The van der Waals surface area contributed by atoms with Crippen LogP contribution in [0.3, 0.4) is 0 Å². The van der Waals surface area contributed by atoms with Crippen molar-refractivity contribution in [3.63, 3.8) is 0 Å². The summed E-state index contributed by atoms with van der Waals surface area (Å²) in [5, 5.41) is 0.823. The molecule has 0 bridgehead atoms. The van der Waals surface area contributed by atoms with Crippen LogP contribution in [0.25, 0.3) is 0 Å². The van der Waals surface area contributed by atoms with E-state index in [4.69, 9.17) is 10.5 Å². The summed E-state index contributed by atoms with van der Waals surface area (Å²) >= 11 is 0. The maximum atomic E-state index is 11.4. The molecule has 0 spiro atoms. The molecule has 0 aromatic carbocycles. The van der Waals surface area contributed by atoms with Gasteiger partial charge in [-0.05, 0) is 12.1 Å². The fourth-order valence-electron chi connectivity index (χ4n) is 1.15. The number of aromatic nitrogens is 1. The van der Waals surface area contributed by atoms with E-state index in [1.807, 2.05) is 0 Å². The van der Waals surface area contributed by atoms with Gasteiger partial charge in [-0.3, -0.25) is 4.98 Å². The Hall–Kier alpha value is -1.89. The second kappa shape index (κ2) is 3.93. The van der Waals surface area contributed by atoms with Crippen LogP contribution in [0, 0.1) is 0 Å². The van der Waals surface area contributed by atoms with Crippen molar-refractivity contribution in [2.24, 2.45) is 10.7 Å². The van der Waals surface area contributed by atoms with E-state index in [-0.39, 0.29) is 17.5 Å². The van der Waals surface area contributed by atoms with Crippen LogP contribution >= 0.6 is 0 Å². The molecule has 1 aliphatic rings. The topological polar surface area (TPSA) is 94.6 Å². The fourth-order valence-corrected chi connectivity index (χ4v) is 2.12. The van der Waals surface area contributed by atoms with Gasteiger partial charge in [-0.2, -0.15) is 0 Å². The monoisotopic (exact) mass is 239 g/mol. The minimum Gasteiger partial charge on any atom is -0.485 e. The van der Waals surface area contributed by atoms with E-state index in [9.17, 15) is 8.42 Å². The second-order valence-corrected chi connectivity index (χ2v) is 4.87. The smallest absolute Gasteiger partial charge is 0.220 e. The minimum absolute atomic E-state index is 0.0233. The number of ether oxygens (including phenoxy) is 1. The third kappa shape index (κ3) is 2.19. The summed E-state index contributed by atoms with van der Waals surface area (Å²) in [6, 6.07) is 3.36. The van der Waals surface area contributed by atoms with Gasteiger partial charge in [0.1, 0.15) is 18.2 Å². The van der Waals surface area contributed by atoms with E-state index in [0.717, 1.165) is 5.41 Å². The van der Waals surface area contributed by atoms with Crippen molar-refractivity contribution in [1.29, 1.82) is 0 Å². The van der Waals surface area contributed by atoms with Crippen LogP contribution in [0.4, 0.5) is 0 Å². The van der Waals surface area contributed by atoms with Gasteiger partial charge in [-0.1, -0.05) is 0 Å². The third-order valence-electron chi connectivity index (χ3n) is 1.85. The Morgan fingerprint density at radius 3 is 2.81 bits per heavy atom. The van der Waals surface area contributed by atoms with Gasteiger partial charge in [0.05, 0.1) is 11.6 Å². The molecule has 2 rings (SSSR count). The van der Waals surface area contributed by atoms with Gasteiger partial charge in [-0.25, -0.2) is 13.4 Å². The van der Waals surface area contributed by atoms with Crippen molar-refractivity contribution < 1.29 is 13.2 Å². The van der Waals surface area contributed by atoms with Gasteiger partial charge >= 0.3 is 0 Å². The maximum Gasteiger partial charge on any atom is 0.220 e. The summed E-state index contributed by atoms with van der Waals surface area (Å²) in [4.78, 5) is 7.51. The van der Waals surface area contributed by atoms with Gasteiger partial charge in [0, 0.05) is 6.20 Å². The zero-order chi connectivity index (χ0) is 11.6. The molecule has 6 nitrogen and oxygen atoms in total. The predicted molar refractivity (Wildman–Crippen MR) is 58.4 cm³/mol. The van der Waals surface area contributed by atoms with Crippen molar-refractivity contribution in [3.05, 3.63) is 35.8 Å². The van der Waals surface area contributed by atoms with Crippen LogP contribution in [0.15, 0.2) is 40.7 Å². The van der Waals surface area contributed by atoms with Gasteiger partial charge in [0.2, 0.25) is 9.84 Å². The van der Waals surface area contributed by atoms with E-state index in [0.29, 0.717) is 5.75 Å². The average Bonchev–Trinajstić information content (AvgIpc) is 2.50. The Morgan fingerprint density at radius 2 is 2.25 bits per heavy atom. The molecule has 0 saturated heterocycles. The first-order valence-corrected chi connectivity index (χ1v) is 5.95. The van der Waals surface area contributed by atoms with Crippen LogP contribution in [0.5, 0.6) is 5.75 Å². The zero-order valence-electron chi connectivity index (χ0n) is 8.20. The van der Waals surface area contributed by atoms with E-state index in [1.54, 1.807) is 18.3 Å². The molecular formula is C9H9N3O3S. The Bertz CT molecular complexity index is 549. The molecule has 2 N–H and O–H groups in total. The van der Waals surface area contributed by atoms with E-state index in [2.05, 4.69) is 9.98 Å². The Balaban J connectivity index is 2.06. The molecule has 0 saturated carbocycles. The van der Waals surface area contributed by atoms with Crippen LogP contribution in [-0.2, 0) is 9.84 Å². The fraction of sp³-hybridized carbons (Fsp3) is 0.111. The van der Waals surface area contributed by atoms with Crippen molar-refractivity contribution in [2.45, 2.75) is 0 Å². The van der Waals surface area contributed by atoms with Gasteiger partial charge in [0.15, 0.2) is 5.04 Å². The van der Waals surface area contributed by atoms with Crippen LogP contribution in [0.2, 0.25) is 0 Å². The van der Waals surface area contributed by atoms with Crippen LogP contribution in [-0.4, -0.2) is 25.1 Å². The van der Waals surface area contributed by atoms with Gasteiger partial charge in [-0.15, -0.1) is 0 Å². The number of pyridine rings is 1. The first kappa shape index (κ1) is 10.6. The molecule has 0 unspecified atom stereocenters. The molecule has 0 radical (unpaired) electrons. The first-order chi connectivity index (χ1) is 7.58. The largest absolute Gasteiger partial charge is 0.485 e. The highest BCUT2D eigenvalue weighted by Crippen LogP contribution is 2.13. The summed E-state index contributed by atoms with van der Waals surface area (Å²) in [7, 11) is -3.49. The van der Waals surface area contributed by atoms with Crippen molar-refractivity contribution in [1.82, 2.24) is 4.98 Å². The molecule has 0 aliphatic carbocycles. The molecule has 0 atom stereocenters. The lowest BCUT2D eigenvalue weighted by molar-refractivity contribution is 0.377. The Kier molecular flexibility index (Phi) is 2.61. The van der Waals surface area contributed by atoms with Crippen LogP contribution < -0.4 is 10.5 Å². The van der Waals surface area contributed by atoms with E-state index < -0.39 is 9.84 Å². The molecule has 0 fully saturated rings.